The summed E-state index contributed by atoms with van der Waals surface area (Å²) in [5, 5.41) is 0. The van der Waals surface area contributed by atoms with Crippen molar-refractivity contribution in [3.8, 4) is 5.75 Å². The second-order valence-corrected chi connectivity index (χ2v) is 8.10. The van der Waals surface area contributed by atoms with Crippen molar-refractivity contribution in [1.82, 2.24) is 9.80 Å². The fourth-order valence-corrected chi connectivity index (χ4v) is 4.15. The van der Waals surface area contributed by atoms with Gasteiger partial charge in [-0.2, -0.15) is 0 Å². The summed E-state index contributed by atoms with van der Waals surface area (Å²) in [6, 6.07) is 18.9. The summed E-state index contributed by atoms with van der Waals surface area (Å²) < 4.78 is 10.9. The zero-order valence-corrected chi connectivity index (χ0v) is 18.5. The maximum atomic E-state index is 5.52. The van der Waals surface area contributed by atoms with Crippen LogP contribution >= 0.6 is 0 Å². The van der Waals surface area contributed by atoms with Crippen molar-refractivity contribution in [2.24, 2.45) is 5.92 Å². The van der Waals surface area contributed by atoms with E-state index in [2.05, 4.69) is 70.5 Å². The van der Waals surface area contributed by atoms with E-state index < -0.39 is 0 Å². The van der Waals surface area contributed by atoms with Crippen LogP contribution in [0.5, 0.6) is 5.75 Å². The Bertz CT molecular complexity index is 755. The first-order chi connectivity index (χ1) is 14.8. The van der Waals surface area contributed by atoms with Gasteiger partial charge in [0.15, 0.2) is 0 Å². The summed E-state index contributed by atoms with van der Waals surface area (Å²) in [4.78, 5) is 5.09. The highest BCUT2D eigenvalue weighted by Gasteiger charge is 2.21. The number of hydrogen-bond acceptors (Lipinski definition) is 4. The first-order valence-corrected chi connectivity index (χ1v) is 11.1. The molecule has 162 valence electrons. The number of rotatable bonds is 11. The topological polar surface area (TPSA) is 24.9 Å². The van der Waals surface area contributed by atoms with E-state index in [1.807, 2.05) is 6.07 Å². The van der Waals surface area contributed by atoms with Crippen LogP contribution in [0.25, 0.3) is 6.08 Å². The average molecular weight is 409 g/mol. The average Bonchev–Trinajstić information content (AvgIpc) is 2.79. The van der Waals surface area contributed by atoms with Crippen molar-refractivity contribution < 1.29 is 9.47 Å². The van der Waals surface area contributed by atoms with Gasteiger partial charge in [0.2, 0.25) is 0 Å². The quantitative estimate of drug-likeness (QED) is 0.544. The minimum atomic E-state index is 0.751. The SMILES string of the molecule is COCCN(CC=Cc1ccccc1)CC1CCN(Cc2ccccc2OC)CC1. The van der Waals surface area contributed by atoms with Gasteiger partial charge in [-0.15, -0.1) is 0 Å². The fourth-order valence-electron chi connectivity index (χ4n) is 4.15. The number of para-hydroxylation sites is 1. The van der Waals surface area contributed by atoms with Crippen LogP contribution in [0, 0.1) is 5.92 Å². The smallest absolute Gasteiger partial charge is 0.123 e. The van der Waals surface area contributed by atoms with Gasteiger partial charge in [-0.3, -0.25) is 9.80 Å². The van der Waals surface area contributed by atoms with Crippen molar-refractivity contribution in [3.63, 3.8) is 0 Å². The Balaban J connectivity index is 1.47. The van der Waals surface area contributed by atoms with E-state index in [1.54, 1.807) is 14.2 Å². The summed E-state index contributed by atoms with van der Waals surface area (Å²) in [7, 11) is 3.54. The summed E-state index contributed by atoms with van der Waals surface area (Å²) >= 11 is 0. The lowest BCUT2D eigenvalue weighted by atomic mass is 9.95. The molecule has 1 aliphatic rings. The number of hydrogen-bond donors (Lipinski definition) is 0. The highest BCUT2D eigenvalue weighted by Crippen LogP contribution is 2.24. The van der Waals surface area contributed by atoms with E-state index >= 15 is 0 Å². The molecule has 3 rings (SSSR count). The van der Waals surface area contributed by atoms with Gasteiger partial charge in [-0.05, 0) is 43.5 Å². The molecule has 2 aromatic carbocycles. The number of piperidine rings is 1. The molecule has 0 aliphatic carbocycles. The molecule has 0 radical (unpaired) electrons. The molecule has 1 fully saturated rings. The van der Waals surface area contributed by atoms with Crippen molar-refractivity contribution in [2.45, 2.75) is 19.4 Å². The predicted molar refractivity (Wildman–Crippen MR) is 125 cm³/mol. The molecule has 0 amide bonds. The molecular formula is C26H36N2O2. The molecular weight excluding hydrogens is 372 g/mol. The third-order valence-electron chi connectivity index (χ3n) is 5.90. The molecule has 0 atom stereocenters. The normalized spacial score (nSPS) is 15.8. The van der Waals surface area contributed by atoms with Gasteiger partial charge in [-0.1, -0.05) is 60.7 Å². The Morgan fingerprint density at radius 2 is 1.73 bits per heavy atom. The summed E-state index contributed by atoms with van der Waals surface area (Å²) in [5.74, 6) is 1.75. The van der Waals surface area contributed by atoms with Gasteiger partial charge in [0, 0.05) is 38.9 Å². The first-order valence-electron chi connectivity index (χ1n) is 11.1. The number of ether oxygens (including phenoxy) is 2. The minimum Gasteiger partial charge on any atom is -0.496 e. The summed E-state index contributed by atoms with van der Waals surface area (Å²) in [6.07, 6.45) is 7.00. The second kappa shape index (κ2) is 12.5. The van der Waals surface area contributed by atoms with E-state index in [-0.39, 0.29) is 0 Å². The third kappa shape index (κ3) is 7.28. The van der Waals surface area contributed by atoms with Gasteiger partial charge in [0.25, 0.3) is 0 Å². The predicted octanol–water partition coefficient (Wildman–Crippen LogP) is 4.57. The molecule has 1 aliphatic heterocycles. The van der Waals surface area contributed by atoms with Gasteiger partial charge in [-0.25, -0.2) is 0 Å². The molecule has 30 heavy (non-hydrogen) atoms. The maximum absolute atomic E-state index is 5.52. The van der Waals surface area contributed by atoms with Crippen LogP contribution in [-0.4, -0.2) is 63.4 Å². The zero-order valence-electron chi connectivity index (χ0n) is 18.5. The lowest BCUT2D eigenvalue weighted by molar-refractivity contribution is 0.116. The molecule has 0 spiro atoms. The van der Waals surface area contributed by atoms with Gasteiger partial charge < -0.3 is 9.47 Å². The molecule has 0 aromatic heterocycles. The van der Waals surface area contributed by atoms with Crippen LogP contribution in [0.1, 0.15) is 24.0 Å². The zero-order chi connectivity index (χ0) is 21.0. The maximum Gasteiger partial charge on any atom is 0.123 e. The molecule has 2 aromatic rings. The van der Waals surface area contributed by atoms with Gasteiger partial charge in [0.05, 0.1) is 13.7 Å². The van der Waals surface area contributed by atoms with Crippen molar-refractivity contribution in [2.75, 3.05) is 53.6 Å². The van der Waals surface area contributed by atoms with Crippen molar-refractivity contribution >= 4 is 6.08 Å². The Morgan fingerprint density at radius 3 is 2.47 bits per heavy atom. The first kappa shape index (κ1) is 22.5. The number of likely N-dealkylation sites (tertiary alicyclic amines) is 1. The Hall–Kier alpha value is -2.14. The van der Waals surface area contributed by atoms with Gasteiger partial charge in [0.1, 0.15) is 5.75 Å². The molecule has 4 heteroatoms. The molecule has 0 unspecified atom stereocenters. The lowest BCUT2D eigenvalue weighted by Crippen LogP contribution is -2.39. The van der Waals surface area contributed by atoms with Gasteiger partial charge >= 0.3 is 0 Å². The highest BCUT2D eigenvalue weighted by atomic mass is 16.5. The Kier molecular flexibility index (Phi) is 9.42. The monoisotopic (exact) mass is 408 g/mol. The lowest BCUT2D eigenvalue weighted by Gasteiger charge is -2.34. The largest absolute Gasteiger partial charge is 0.496 e. The third-order valence-corrected chi connectivity index (χ3v) is 5.90. The van der Waals surface area contributed by atoms with Crippen LogP contribution in [0.3, 0.4) is 0 Å². The molecule has 4 nitrogen and oxygen atoms in total. The molecule has 0 saturated carbocycles. The van der Waals surface area contributed by atoms with Crippen LogP contribution in [-0.2, 0) is 11.3 Å². The van der Waals surface area contributed by atoms with Crippen molar-refractivity contribution in [1.29, 1.82) is 0 Å². The van der Waals surface area contributed by atoms with E-state index in [9.17, 15) is 0 Å². The van der Waals surface area contributed by atoms with Crippen LogP contribution in [0.2, 0.25) is 0 Å². The molecule has 1 heterocycles. The summed E-state index contributed by atoms with van der Waals surface area (Å²) in [5.41, 5.74) is 2.54. The highest BCUT2D eigenvalue weighted by molar-refractivity contribution is 5.48. The van der Waals surface area contributed by atoms with Crippen LogP contribution < -0.4 is 4.74 Å². The molecule has 1 saturated heterocycles. The molecule has 0 bridgehead atoms. The van der Waals surface area contributed by atoms with Crippen LogP contribution in [0.15, 0.2) is 60.7 Å². The number of nitrogens with zero attached hydrogens (tertiary/aromatic N) is 2. The van der Waals surface area contributed by atoms with E-state index in [4.69, 9.17) is 9.47 Å². The number of methoxy groups -OCH3 is 2. The Morgan fingerprint density at radius 1 is 1.00 bits per heavy atom. The summed E-state index contributed by atoms with van der Waals surface area (Å²) in [6.45, 7) is 7.17. The Labute approximate surface area is 182 Å². The van der Waals surface area contributed by atoms with E-state index in [0.29, 0.717) is 0 Å². The van der Waals surface area contributed by atoms with Crippen LogP contribution in [0.4, 0.5) is 0 Å². The minimum absolute atomic E-state index is 0.751. The second-order valence-electron chi connectivity index (χ2n) is 8.10. The molecule has 0 N–H and O–H groups in total. The van der Waals surface area contributed by atoms with E-state index in [0.717, 1.165) is 57.5 Å². The van der Waals surface area contributed by atoms with E-state index in [1.165, 1.54) is 24.0 Å². The van der Waals surface area contributed by atoms with Crippen molar-refractivity contribution in [3.05, 3.63) is 71.8 Å². The fraction of sp³-hybridized carbons (Fsp3) is 0.462. The number of benzene rings is 2. The standard InChI is InChI=1S/C26H36N2O2/c1-29-20-19-27(16-8-11-23-9-4-3-5-10-23)21-24-14-17-28(18-15-24)22-25-12-6-7-13-26(25)30-2/h3-13,24H,14-22H2,1-2H3.